The smallest absolute Gasteiger partial charge is 0.264 e. The van der Waals surface area contributed by atoms with Crippen LogP contribution in [0.1, 0.15) is 27.0 Å². The highest BCUT2D eigenvalue weighted by Crippen LogP contribution is 2.32. The van der Waals surface area contributed by atoms with E-state index in [4.69, 9.17) is 10.9 Å². The average molecular weight is 299 g/mol. The van der Waals surface area contributed by atoms with Crippen LogP contribution in [-0.4, -0.2) is 40.7 Å². The molecule has 3 N–H and O–H groups in total. The number of aryl methyl sites for hydroxylation is 1. The predicted octanol–water partition coefficient (Wildman–Crippen LogP) is 1.74. The van der Waals surface area contributed by atoms with Gasteiger partial charge in [-0.1, -0.05) is 5.16 Å². The number of carbonyl (C=O) groups is 1. The number of likely N-dealkylation sites (N-methyl/N-ethyl adjacent to an activating group) is 1. The fourth-order valence-electron chi connectivity index (χ4n) is 1.88. The Morgan fingerprint density at radius 1 is 1.63 bits per heavy atom. The monoisotopic (exact) mass is 299 g/mol. The molecule has 2 heterocycles. The highest BCUT2D eigenvalue weighted by atomic mass is 32.2. The van der Waals surface area contributed by atoms with Crippen molar-refractivity contribution in [1.82, 2.24) is 4.90 Å². The maximum atomic E-state index is 12.4. The molecule has 0 spiro atoms. The van der Waals surface area contributed by atoms with E-state index in [0.29, 0.717) is 0 Å². The summed E-state index contributed by atoms with van der Waals surface area (Å²) in [6.45, 7) is 1.73. The van der Waals surface area contributed by atoms with E-state index in [-0.39, 0.29) is 11.7 Å². The summed E-state index contributed by atoms with van der Waals surface area (Å²) < 4.78 is 0. The van der Waals surface area contributed by atoms with Crippen LogP contribution in [0.3, 0.4) is 0 Å². The zero-order valence-electron chi connectivity index (χ0n) is 10.9. The molecule has 1 aromatic heterocycles. The van der Waals surface area contributed by atoms with Crippen LogP contribution in [-0.2, 0) is 12.2 Å². The van der Waals surface area contributed by atoms with E-state index in [1.54, 1.807) is 25.3 Å². The number of oxime groups is 1. The number of nitrogens with zero attached hydrogens (tertiary/aromatic N) is 2. The molecule has 0 aromatic carbocycles. The minimum Gasteiger partial charge on any atom is -0.409 e. The molecule has 0 saturated heterocycles. The largest absolute Gasteiger partial charge is 0.409 e. The molecule has 0 fully saturated rings. The van der Waals surface area contributed by atoms with Crippen molar-refractivity contribution in [3.8, 4) is 0 Å². The number of carbonyl (C=O) groups excluding carboxylic acids is 1. The van der Waals surface area contributed by atoms with E-state index < -0.39 is 6.04 Å². The number of amidine groups is 1. The second kappa shape index (κ2) is 5.83. The van der Waals surface area contributed by atoms with Gasteiger partial charge >= 0.3 is 0 Å². The van der Waals surface area contributed by atoms with Crippen molar-refractivity contribution in [2.24, 2.45) is 10.9 Å². The first-order valence-electron chi connectivity index (χ1n) is 5.98. The summed E-state index contributed by atoms with van der Waals surface area (Å²) in [4.78, 5) is 15.9. The van der Waals surface area contributed by atoms with Crippen LogP contribution in [0, 0.1) is 0 Å². The summed E-state index contributed by atoms with van der Waals surface area (Å²) in [5.74, 6) is 2.06. The molecule has 0 aliphatic carbocycles. The van der Waals surface area contributed by atoms with Gasteiger partial charge in [0, 0.05) is 17.7 Å². The maximum Gasteiger partial charge on any atom is 0.264 e. The summed E-state index contributed by atoms with van der Waals surface area (Å²) >= 11 is 3.46. The SMILES string of the molecule is CC(C(N)=NO)N(C)C(=O)c1cc2c(s1)CCSC2. The molecular weight excluding hydrogens is 282 g/mol. The zero-order chi connectivity index (χ0) is 14.0. The first-order chi connectivity index (χ1) is 9.04. The van der Waals surface area contributed by atoms with Crippen molar-refractivity contribution >= 4 is 34.8 Å². The quantitative estimate of drug-likeness (QED) is 0.386. The topological polar surface area (TPSA) is 78.9 Å². The summed E-state index contributed by atoms with van der Waals surface area (Å²) in [6.07, 6.45) is 1.04. The Hall–Kier alpha value is -1.21. The van der Waals surface area contributed by atoms with Crippen molar-refractivity contribution in [1.29, 1.82) is 0 Å². The van der Waals surface area contributed by atoms with E-state index in [1.807, 2.05) is 17.8 Å². The van der Waals surface area contributed by atoms with Gasteiger partial charge in [0.15, 0.2) is 5.84 Å². The Morgan fingerprint density at radius 3 is 3.00 bits per heavy atom. The molecule has 1 amide bonds. The molecule has 7 heteroatoms. The first-order valence-corrected chi connectivity index (χ1v) is 7.95. The third kappa shape index (κ3) is 2.87. The van der Waals surface area contributed by atoms with Crippen LogP contribution < -0.4 is 5.73 Å². The zero-order valence-corrected chi connectivity index (χ0v) is 12.6. The first kappa shape index (κ1) is 14.2. The van der Waals surface area contributed by atoms with Crippen molar-refractivity contribution in [3.63, 3.8) is 0 Å². The van der Waals surface area contributed by atoms with Crippen molar-refractivity contribution in [2.45, 2.75) is 25.1 Å². The fourth-order valence-corrected chi connectivity index (χ4v) is 4.24. The van der Waals surface area contributed by atoms with Gasteiger partial charge in [0.1, 0.15) is 0 Å². The Kier molecular flexibility index (Phi) is 4.36. The molecule has 0 saturated carbocycles. The highest BCUT2D eigenvalue weighted by Gasteiger charge is 2.24. The van der Waals surface area contributed by atoms with Crippen LogP contribution >= 0.6 is 23.1 Å². The van der Waals surface area contributed by atoms with Crippen LogP contribution in [0.2, 0.25) is 0 Å². The lowest BCUT2D eigenvalue weighted by Gasteiger charge is -2.23. The molecule has 1 atom stereocenters. The van der Waals surface area contributed by atoms with Gasteiger partial charge in [-0.05, 0) is 30.7 Å². The molecule has 1 aromatic rings. The summed E-state index contributed by atoms with van der Waals surface area (Å²) in [5.41, 5.74) is 6.81. The molecule has 5 nitrogen and oxygen atoms in total. The molecule has 1 aliphatic heterocycles. The number of thioether (sulfide) groups is 1. The van der Waals surface area contributed by atoms with Gasteiger partial charge in [-0.2, -0.15) is 11.8 Å². The second-order valence-electron chi connectivity index (χ2n) is 4.48. The number of thiophene rings is 1. The molecule has 1 aliphatic rings. The number of rotatable bonds is 3. The molecule has 2 rings (SSSR count). The second-order valence-corrected chi connectivity index (χ2v) is 6.72. The molecule has 104 valence electrons. The summed E-state index contributed by atoms with van der Waals surface area (Å²) in [7, 11) is 1.67. The van der Waals surface area contributed by atoms with Crippen molar-refractivity contribution in [3.05, 3.63) is 21.4 Å². The van der Waals surface area contributed by atoms with Crippen molar-refractivity contribution < 1.29 is 10.0 Å². The average Bonchev–Trinajstić information content (AvgIpc) is 2.87. The highest BCUT2D eigenvalue weighted by molar-refractivity contribution is 7.98. The van der Waals surface area contributed by atoms with Gasteiger partial charge < -0.3 is 15.8 Å². The Labute approximate surface area is 120 Å². The van der Waals surface area contributed by atoms with Gasteiger partial charge in [-0.3, -0.25) is 4.79 Å². The lowest BCUT2D eigenvalue weighted by Crippen LogP contribution is -2.43. The maximum absolute atomic E-state index is 12.4. The number of amides is 1. The van der Waals surface area contributed by atoms with Crippen LogP contribution in [0.4, 0.5) is 0 Å². The van der Waals surface area contributed by atoms with Gasteiger partial charge in [0.2, 0.25) is 0 Å². The molecular formula is C12H17N3O2S2. The standard InChI is InChI=1S/C12H17N3O2S2/c1-7(11(13)14-17)15(2)12(16)10-5-8-6-18-4-3-9(8)19-10/h5,7,17H,3-4,6H2,1-2H3,(H2,13,14). The lowest BCUT2D eigenvalue weighted by atomic mass is 10.2. The van der Waals surface area contributed by atoms with Gasteiger partial charge in [-0.25, -0.2) is 0 Å². The molecule has 19 heavy (non-hydrogen) atoms. The predicted molar refractivity (Wildman–Crippen MR) is 79.1 cm³/mol. The summed E-state index contributed by atoms with van der Waals surface area (Å²) in [6, 6.07) is 1.55. The molecule has 0 radical (unpaired) electrons. The Balaban J connectivity index is 2.17. The third-order valence-corrected chi connectivity index (χ3v) is 5.52. The van der Waals surface area contributed by atoms with Crippen molar-refractivity contribution in [2.75, 3.05) is 12.8 Å². The molecule has 0 bridgehead atoms. The minimum absolute atomic E-state index is 0.0349. The van der Waals surface area contributed by atoms with E-state index in [0.717, 1.165) is 22.8 Å². The number of fused-ring (bicyclic) bond motifs is 1. The Morgan fingerprint density at radius 2 is 2.37 bits per heavy atom. The van der Waals surface area contributed by atoms with E-state index in [2.05, 4.69) is 5.16 Å². The normalized spacial score (nSPS) is 16.8. The Bertz CT molecular complexity index is 490. The van der Waals surface area contributed by atoms with Gasteiger partial charge in [-0.15, -0.1) is 11.3 Å². The number of nitrogens with two attached hydrogens (primary N) is 1. The summed E-state index contributed by atoms with van der Waals surface area (Å²) in [5, 5.41) is 11.6. The van der Waals surface area contributed by atoms with Crippen LogP contribution in [0.15, 0.2) is 11.2 Å². The number of hydrogen-bond acceptors (Lipinski definition) is 5. The van der Waals surface area contributed by atoms with Gasteiger partial charge in [0.25, 0.3) is 5.91 Å². The fraction of sp³-hybridized carbons (Fsp3) is 0.500. The van der Waals surface area contributed by atoms with E-state index in [1.165, 1.54) is 15.3 Å². The third-order valence-electron chi connectivity index (χ3n) is 3.28. The van der Waals surface area contributed by atoms with Crippen LogP contribution in [0.5, 0.6) is 0 Å². The lowest BCUT2D eigenvalue weighted by molar-refractivity contribution is 0.0781. The van der Waals surface area contributed by atoms with E-state index in [9.17, 15) is 4.79 Å². The van der Waals surface area contributed by atoms with Gasteiger partial charge in [0.05, 0.1) is 10.9 Å². The van der Waals surface area contributed by atoms with E-state index >= 15 is 0 Å². The van der Waals surface area contributed by atoms with Crippen LogP contribution in [0.25, 0.3) is 0 Å². The molecule has 1 unspecified atom stereocenters. The minimum atomic E-state index is -0.425. The number of hydrogen-bond donors (Lipinski definition) is 2.